The smallest absolute Gasteiger partial charge is 0.419 e. The fourth-order valence-electron chi connectivity index (χ4n) is 3.53. The number of anilines is 1. The van der Waals surface area contributed by atoms with Gasteiger partial charge in [-0.25, -0.2) is 4.79 Å². The summed E-state index contributed by atoms with van der Waals surface area (Å²) in [4.78, 5) is 25.2. The van der Waals surface area contributed by atoms with Gasteiger partial charge in [0.25, 0.3) is 0 Å². The summed E-state index contributed by atoms with van der Waals surface area (Å²) in [5, 5.41) is 21.5. The molecule has 1 saturated heterocycles. The first-order valence-corrected chi connectivity index (χ1v) is 9.94. The number of methoxy groups -OCH3 is 2. The molecule has 0 amide bonds. The predicted molar refractivity (Wildman–Crippen MR) is 107 cm³/mol. The van der Waals surface area contributed by atoms with Gasteiger partial charge in [0.1, 0.15) is 15.6 Å². The minimum atomic E-state index is -4.75. The Kier molecular flexibility index (Phi) is 6.41. The summed E-state index contributed by atoms with van der Waals surface area (Å²) in [6, 6.07) is 3.12. The van der Waals surface area contributed by atoms with Crippen LogP contribution in [-0.2, 0) is 10.9 Å². The van der Waals surface area contributed by atoms with Crippen molar-refractivity contribution in [3.05, 3.63) is 39.4 Å². The highest BCUT2D eigenvalue weighted by Gasteiger charge is 2.39. The number of nitrogens with zero attached hydrogens (tertiary/aromatic N) is 2. The quantitative estimate of drug-likeness (QED) is 0.396. The lowest BCUT2D eigenvalue weighted by molar-refractivity contribution is -0.384. The number of alkyl halides is 3. The molecule has 31 heavy (non-hydrogen) atoms. The largest absolute Gasteiger partial charge is 0.496 e. The maximum Gasteiger partial charge on any atom is 0.419 e. The summed E-state index contributed by atoms with van der Waals surface area (Å²) in [5.41, 5.74) is -2.08. The first kappa shape index (κ1) is 22.8. The number of carbonyl (C=O) groups excluding carboxylic acids is 1. The zero-order valence-corrected chi connectivity index (χ0v) is 17.4. The van der Waals surface area contributed by atoms with E-state index in [2.05, 4.69) is 0 Å². The molecule has 1 unspecified atom stereocenters. The molecular formula is C19H19F3N2O6S. The fraction of sp³-hybridized carbons (Fsp3) is 0.421. The van der Waals surface area contributed by atoms with Gasteiger partial charge < -0.3 is 19.5 Å². The van der Waals surface area contributed by atoms with E-state index in [1.165, 1.54) is 6.07 Å². The average Bonchev–Trinajstić information content (AvgIpc) is 3.36. The number of benzene rings is 1. The third-order valence-corrected chi connectivity index (χ3v) is 6.32. The number of halogens is 3. The normalized spacial score (nSPS) is 16.5. The van der Waals surface area contributed by atoms with Crippen molar-refractivity contribution in [1.82, 2.24) is 0 Å². The molecule has 0 bridgehead atoms. The molecule has 0 radical (unpaired) electrons. The van der Waals surface area contributed by atoms with Gasteiger partial charge in [0.05, 0.1) is 24.7 Å². The molecule has 1 atom stereocenters. The number of thiophene rings is 1. The highest BCUT2D eigenvalue weighted by atomic mass is 32.1. The van der Waals surface area contributed by atoms with Gasteiger partial charge >= 0.3 is 17.8 Å². The molecule has 0 aliphatic carbocycles. The SMILES string of the molecule is COC(=O)c1c(N2CCC(CO)C2)sc(-c2ccc(OC)c(C(F)(F)F)c2)c1[N+](=O)[O-]. The molecule has 2 aromatic rings. The summed E-state index contributed by atoms with van der Waals surface area (Å²) in [7, 11) is 2.17. The Morgan fingerprint density at radius 2 is 2.10 bits per heavy atom. The molecule has 1 fully saturated rings. The number of hydrogen-bond donors (Lipinski definition) is 1. The van der Waals surface area contributed by atoms with Gasteiger partial charge in [-0.3, -0.25) is 10.1 Å². The summed E-state index contributed by atoms with van der Waals surface area (Å²) in [6.45, 7) is 0.703. The van der Waals surface area contributed by atoms with Crippen LogP contribution in [0.4, 0.5) is 23.9 Å². The third kappa shape index (κ3) is 4.30. The molecule has 1 aromatic carbocycles. The monoisotopic (exact) mass is 460 g/mol. The summed E-state index contributed by atoms with van der Waals surface area (Å²) in [5.74, 6) is -1.46. The lowest BCUT2D eigenvalue weighted by Gasteiger charge is -2.17. The van der Waals surface area contributed by atoms with Crippen LogP contribution in [0, 0.1) is 16.0 Å². The number of esters is 1. The molecule has 1 aliphatic rings. The van der Waals surface area contributed by atoms with Crippen LogP contribution in [0.5, 0.6) is 5.75 Å². The van der Waals surface area contributed by atoms with Gasteiger partial charge in [-0.05, 0) is 30.2 Å². The third-order valence-electron chi connectivity index (χ3n) is 5.03. The first-order chi connectivity index (χ1) is 14.6. The standard InChI is InChI=1S/C19H19F3N2O6S/c1-29-13-4-3-11(7-12(13)19(20,21)22)16-15(24(27)28)14(18(26)30-2)17(31-16)23-6-5-10(8-23)9-25/h3-4,7,10,25H,5-6,8-9H2,1-2H3. The Labute approximate surface area is 178 Å². The minimum absolute atomic E-state index is 0.0702. The van der Waals surface area contributed by atoms with E-state index >= 15 is 0 Å². The molecule has 0 saturated carbocycles. The van der Waals surface area contributed by atoms with Gasteiger partial charge in [-0.2, -0.15) is 13.2 Å². The molecule has 3 rings (SSSR count). The van der Waals surface area contributed by atoms with E-state index in [4.69, 9.17) is 9.47 Å². The molecule has 8 nitrogen and oxygen atoms in total. The van der Waals surface area contributed by atoms with Crippen molar-refractivity contribution in [3.63, 3.8) is 0 Å². The lowest BCUT2D eigenvalue weighted by Crippen LogP contribution is -2.22. The fourth-order valence-corrected chi connectivity index (χ4v) is 4.81. The zero-order chi connectivity index (χ0) is 22.9. The number of aliphatic hydroxyl groups is 1. The zero-order valence-electron chi connectivity index (χ0n) is 16.6. The van der Waals surface area contributed by atoms with E-state index < -0.39 is 34.1 Å². The van der Waals surface area contributed by atoms with Crippen LogP contribution < -0.4 is 9.64 Å². The maximum absolute atomic E-state index is 13.5. The number of ether oxygens (including phenoxy) is 2. The second kappa shape index (κ2) is 8.71. The first-order valence-electron chi connectivity index (χ1n) is 9.13. The van der Waals surface area contributed by atoms with Gasteiger partial charge in [0, 0.05) is 25.6 Å². The second-order valence-electron chi connectivity index (χ2n) is 6.90. The van der Waals surface area contributed by atoms with Crippen molar-refractivity contribution < 1.29 is 37.5 Å². The maximum atomic E-state index is 13.5. The van der Waals surface area contributed by atoms with E-state index in [1.807, 2.05) is 0 Å². The summed E-state index contributed by atoms with van der Waals surface area (Å²) < 4.78 is 49.9. The van der Waals surface area contributed by atoms with Crippen LogP contribution in [0.1, 0.15) is 22.3 Å². The van der Waals surface area contributed by atoms with Crippen molar-refractivity contribution in [2.24, 2.45) is 5.92 Å². The highest BCUT2D eigenvalue weighted by molar-refractivity contribution is 7.20. The van der Waals surface area contributed by atoms with Gasteiger partial charge in [-0.15, -0.1) is 11.3 Å². The van der Waals surface area contributed by atoms with Crippen LogP contribution in [0.25, 0.3) is 10.4 Å². The number of carbonyl (C=O) groups is 1. The van der Waals surface area contributed by atoms with Crippen molar-refractivity contribution in [1.29, 1.82) is 0 Å². The molecule has 168 valence electrons. The molecular weight excluding hydrogens is 441 g/mol. The molecule has 1 aliphatic heterocycles. The highest BCUT2D eigenvalue weighted by Crippen LogP contribution is 2.49. The average molecular weight is 460 g/mol. The van der Waals surface area contributed by atoms with Crippen LogP contribution >= 0.6 is 11.3 Å². The number of rotatable bonds is 6. The number of aliphatic hydroxyl groups excluding tert-OH is 1. The Hall–Kier alpha value is -2.86. The Bertz CT molecular complexity index is 1010. The van der Waals surface area contributed by atoms with Crippen LogP contribution in [-0.4, -0.2) is 49.9 Å². The summed E-state index contributed by atoms with van der Waals surface area (Å²) in [6.07, 6.45) is -4.14. The van der Waals surface area contributed by atoms with Crippen molar-refractivity contribution in [3.8, 4) is 16.2 Å². The lowest BCUT2D eigenvalue weighted by atomic mass is 10.1. The molecule has 2 heterocycles. The molecule has 0 spiro atoms. The second-order valence-corrected chi connectivity index (χ2v) is 7.90. The number of hydrogen-bond acceptors (Lipinski definition) is 8. The molecule has 12 heteroatoms. The topological polar surface area (TPSA) is 102 Å². The van der Waals surface area contributed by atoms with E-state index in [9.17, 15) is 33.2 Å². The van der Waals surface area contributed by atoms with Crippen molar-refractivity contribution in [2.45, 2.75) is 12.6 Å². The Balaban J connectivity index is 2.24. The Morgan fingerprint density at radius 3 is 2.61 bits per heavy atom. The number of nitro groups is 1. The van der Waals surface area contributed by atoms with Crippen LogP contribution in [0.3, 0.4) is 0 Å². The minimum Gasteiger partial charge on any atom is -0.496 e. The molecule has 1 N–H and O–H groups in total. The van der Waals surface area contributed by atoms with Gasteiger partial charge in [0.15, 0.2) is 5.56 Å². The molecule has 1 aromatic heterocycles. The predicted octanol–water partition coefficient (Wildman–Crippen LogP) is 3.96. The van der Waals surface area contributed by atoms with Gasteiger partial charge in [-0.1, -0.05) is 0 Å². The van der Waals surface area contributed by atoms with Gasteiger partial charge in [0.2, 0.25) is 0 Å². The van der Waals surface area contributed by atoms with E-state index in [0.717, 1.165) is 37.7 Å². The van der Waals surface area contributed by atoms with Crippen molar-refractivity contribution >= 4 is 28.0 Å². The van der Waals surface area contributed by atoms with Crippen LogP contribution in [0.2, 0.25) is 0 Å². The van der Waals surface area contributed by atoms with Crippen molar-refractivity contribution in [2.75, 3.05) is 38.8 Å². The van der Waals surface area contributed by atoms with E-state index in [-0.39, 0.29) is 33.5 Å². The van der Waals surface area contributed by atoms with Crippen LogP contribution in [0.15, 0.2) is 18.2 Å². The van der Waals surface area contributed by atoms with E-state index in [1.54, 1.807) is 4.90 Å². The Morgan fingerprint density at radius 1 is 1.39 bits per heavy atom. The van der Waals surface area contributed by atoms with E-state index in [0.29, 0.717) is 19.5 Å². The summed E-state index contributed by atoms with van der Waals surface area (Å²) >= 11 is 0.847.